The van der Waals surface area contributed by atoms with Crippen LogP contribution in [0.2, 0.25) is 0 Å². The number of ether oxygens (including phenoxy) is 2. The summed E-state index contributed by atoms with van der Waals surface area (Å²) in [6.45, 7) is 1.29. The smallest absolute Gasteiger partial charge is 0.289 e. The minimum absolute atomic E-state index is 0.101. The van der Waals surface area contributed by atoms with Crippen LogP contribution in [-0.4, -0.2) is 75.7 Å². The van der Waals surface area contributed by atoms with Crippen LogP contribution in [0.3, 0.4) is 0 Å². The fourth-order valence-electron chi connectivity index (χ4n) is 3.90. The van der Waals surface area contributed by atoms with Gasteiger partial charge in [0, 0.05) is 19.2 Å². The molecule has 1 aliphatic heterocycles. The SMILES string of the molecule is O=C(CN(c1ccccc1)S(=O)(=O)c1ccccc1[N+](=O)[O-])N/N=C\c1ccc(OCC(=O)N2CCOCC2)cc1. The summed E-state index contributed by atoms with van der Waals surface area (Å²) in [5.74, 6) is -0.421. The van der Waals surface area contributed by atoms with E-state index in [0.29, 0.717) is 37.6 Å². The third-order valence-electron chi connectivity index (χ3n) is 5.97. The number of carbonyl (C=O) groups is 2. The summed E-state index contributed by atoms with van der Waals surface area (Å²) in [5.41, 5.74) is 2.42. The summed E-state index contributed by atoms with van der Waals surface area (Å²) in [4.78, 5) is 36.7. The van der Waals surface area contributed by atoms with Crippen molar-refractivity contribution in [2.75, 3.05) is 43.8 Å². The van der Waals surface area contributed by atoms with Crippen LogP contribution in [0, 0.1) is 10.1 Å². The van der Waals surface area contributed by atoms with Crippen molar-refractivity contribution in [1.29, 1.82) is 0 Å². The van der Waals surface area contributed by atoms with Crippen molar-refractivity contribution in [2.24, 2.45) is 5.10 Å². The molecule has 0 radical (unpaired) electrons. The minimum Gasteiger partial charge on any atom is -0.484 e. The summed E-state index contributed by atoms with van der Waals surface area (Å²) < 4.78 is 38.5. The molecule has 0 aliphatic carbocycles. The molecule has 3 aromatic rings. The molecule has 0 bridgehead atoms. The van der Waals surface area contributed by atoms with Crippen LogP contribution in [-0.2, 0) is 24.3 Å². The van der Waals surface area contributed by atoms with Crippen LogP contribution < -0.4 is 14.5 Å². The molecule has 0 saturated carbocycles. The highest BCUT2D eigenvalue weighted by Crippen LogP contribution is 2.29. The van der Waals surface area contributed by atoms with Crippen molar-refractivity contribution >= 4 is 39.4 Å². The first-order valence-corrected chi connectivity index (χ1v) is 13.9. The average molecular weight is 582 g/mol. The summed E-state index contributed by atoms with van der Waals surface area (Å²) in [6, 6.07) is 19.3. The van der Waals surface area contributed by atoms with Gasteiger partial charge in [-0.3, -0.25) is 24.0 Å². The van der Waals surface area contributed by atoms with Crippen LogP contribution in [0.1, 0.15) is 5.56 Å². The van der Waals surface area contributed by atoms with Gasteiger partial charge >= 0.3 is 0 Å². The molecule has 13 nitrogen and oxygen atoms in total. The summed E-state index contributed by atoms with van der Waals surface area (Å²) >= 11 is 0. The number of hydrogen-bond donors (Lipinski definition) is 1. The molecule has 0 unspecified atom stereocenters. The van der Waals surface area contributed by atoms with Gasteiger partial charge in [-0.15, -0.1) is 0 Å². The number of para-hydroxylation sites is 2. The van der Waals surface area contributed by atoms with E-state index in [4.69, 9.17) is 9.47 Å². The van der Waals surface area contributed by atoms with Crippen LogP contribution in [0.15, 0.2) is 88.9 Å². The molecule has 1 aliphatic rings. The first kappa shape index (κ1) is 29.2. The van der Waals surface area contributed by atoms with E-state index in [1.54, 1.807) is 47.4 Å². The average Bonchev–Trinajstić information content (AvgIpc) is 3.00. The second-order valence-corrected chi connectivity index (χ2v) is 10.5. The van der Waals surface area contributed by atoms with E-state index in [1.807, 2.05) is 0 Å². The van der Waals surface area contributed by atoms with Crippen molar-refractivity contribution in [3.8, 4) is 5.75 Å². The van der Waals surface area contributed by atoms with Crippen LogP contribution in [0.4, 0.5) is 11.4 Å². The zero-order valence-corrected chi connectivity index (χ0v) is 22.6. The third-order valence-corrected chi connectivity index (χ3v) is 7.79. The Balaban J connectivity index is 1.39. The Labute approximate surface area is 236 Å². The maximum atomic E-state index is 13.5. The van der Waals surface area contributed by atoms with Gasteiger partial charge in [0.05, 0.1) is 30.0 Å². The number of nitro groups is 1. The van der Waals surface area contributed by atoms with Crippen molar-refractivity contribution in [2.45, 2.75) is 4.90 Å². The maximum absolute atomic E-state index is 13.5. The Morgan fingerprint density at radius 2 is 1.68 bits per heavy atom. The molecule has 2 amide bonds. The second-order valence-electron chi connectivity index (χ2n) is 8.72. The summed E-state index contributed by atoms with van der Waals surface area (Å²) in [7, 11) is -4.49. The zero-order valence-electron chi connectivity index (χ0n) is 21.8. The Bertz CT molecular complexity index is 1510. The standard InChI is InChI=1S/C27H27N5O8S/c33-26(29-28-18-21-10-12-23(13-11-21)40-20-27(34)30-14-16-39-17-15-30)19-31(22-6-2-1-3-7-22)41(37,38)25-9-5-4-8-24(25)32(35)36/h1-13,18H,14-17,19-20H2,(H,29,33)/b28-18-. The quantitative estimate of drug-likeness (QED) is 0.205. The number of morpholine rings is 1. The molecule has 4 rings (SSSR count). The Morgan fingerprint density at radius 1 is 1.02 bits per heavy atom. The number of nitrogens with one attached hydrogen (secondary N) is 1. The van der Waals surface area contributed by atoms with E-state index in [9.17, 15) is 28.1 Å². The number of hydrogen-bond acceptors (Lipinski definition) is 9. The molecule has 3 aromatic carbocycles. The lowest BCUT2D eigenvalue weighted by Crippen LogP contribution is -2.42. The van der Waals surface area contributed by atoms with Gasteiger partial charge in [0.1, 0.15) is 12.3 Å². The largest absolute Gasteiger partial charge is 0.484 e. The lowest BCUT2D eigenvalue weighted by molar-refractivity contribution is -0.387. The van der Waals surface area contributed by atoms with E-state index >= 15 is 0 Å². The van der Waals surface area contributed by atoms with Crippen molar-refractivity contribution < 1.29 is 32.4 Å². The molecule has 41 heavy (non-hydrogen) atoms. The molecule has 1 N–H and O–H groups in total. The van der Waals surface area contributed by atoms with Crippen LogP contribution in [0.25, 0.3) is 0 Å². The lowest BCUT2D eigenvalue weighted by Gasteiger charge is -2.26. The van der Waals surface area contributed by atoms with Gasteiger partial charge in [0.15, 0.2) is 11.5 Å². The van der Waals surface area contributed by atoms with Gasteiger partial charge in [0.2, 0.25) is 0 Å². The number of amides is 2. The number of benzene rings is 3. The van der Waals surface area contributed by atoms with Gasteiger partial charge < -0.3 is 14.4 Å². The van der Waals surface area contributed by atoms with Gasteiger partial charge in [-0.1, -0.05) is 30.3 Å². The molecule has 0 atom stereocenters. The first-order chi connectivity index (χ1) is 19.8. The first-order valence-electron chi connectivity index (χ1n) is 12.5. The molecule has 1 fully saturated rings. The highest BCUT2D eigenvalue weighted by Gasteiger charge is 2.33. The van der Waals surface area contributed by atoms with Crippen LogP contribution >= 0.6 is 0 Å². The number of anilines is 1. The Hall–Kier alpha value is -4.82. The predicted octanol–water partition coefficient (Wildman–Crippen LogP) is 2.18. The van der Waals surface area contributed by atoms with E-state index in [1.165, 1.54) is 30.5 Å². The topological polar surface area (TPSA) is 161 Å². The van der Waals surface area contributed by atoms with Crippen molar-refractivity contribution in [3.05, 3.63) is 94.5 Å². The van der Waals surface area contributed by atoms with E-state index in [2.05, 4.69) is 10.5 Å². The predicted molar refractivity (Wildman–Crippen MR) is 149 cm³/mol. The number of rotatable bonds is 11. The minimum atomic E-state index is -4.49. The molecule has 0 aromatic heterocycles. The van der Waals surface area contributed by atoms with Crippen molar-refractivity contribution in [1.82, 2.24) is 10.3 Å². The number of carbonyl (C=O) groups excluding carboxylic acids is 2. The molecule has 1 saturated heterocycles. The van der Waals surface area contributed by atoms with Gasteiger partial charge in [-0.05, 0) is 48.0 Å². The Kier molecular flexibility index (Phi) is 9.60. The highest BCUT2D eigenvalue weighted by molar-refractivity contribution is 7.93. The lowest BCUT2D eigenvalue weighted by atomic mass is 10.2. The highest BCUT2D eigenvalue weighted by atomic mass is 32.2. The molecule has 1 heterocycles. The molecule has 0 spiro atoms. The third kappa shape index (κ3) is 7.64. The van der Waals surface area contributed by atoms with E-state index in [0.717, 1.165) is 16.4 Å². The maximum Gasteiger partial charge on any atom is 0.289 e. The Morgan fingerprint density at radius 3 is 2.37 bits per heavy atom. The number of sulfonamides is 1. The fraction of sp³-hybridized carbons (Fsp3) is 0.222. The molecule has 14 heteroatoms. The molecular formula is C27H27N5O8S. The van der Waals surface area contributed by atoms with Gasteiger partial charge in [0.25, 0.3) is 27.5 Å². The fourth-order valence-corrected chi connectivity index (χ4v) is 5.48. The molecule has 214 valence electrons. The van der Waals surface area contributed by atoms with E-state index < -0.39 is 38.0 Å². The van der Waals surface area contributed by atoms with Crippen molar-refractivity contribution in [3.63, 3.8) is 0 Å². The van der Waals surface area contributed by atoms with E-state index in [-0.39, 0.29) is 18.2 Å². The number of nitrogens with zero attached hydrogens (tertiary/aromatic N) is 4. The monoisotopic (exact) mass is 581 g/mol. The van der Waals surface area contributed by atoms with Gasteiger partial charge in [-0.25, -0.2) is 13.8 Å². The summed E-state index contributed by atoms with van der Waals surface area (Å²) in [5, 5.41) is 15.4. The zero-order chi connectivity index (χ0) is 29.2. The molecular weight excluding hydrogens is 554 g/mol. The number of nitro benzene ring substituents is 1. The summed E-state index contributed by atoms with van der Waals surface area (Å²) in [6.07, 6.45) is 1.35. The normalized spacial score (nSPS) is 13.5. The second kappa shape index (κ2) is 13.5. The number of hydrazone groups is 1. The van der Waals surface area contributed by atoms with Gasteiger partial charge in [-0.2, -0.15) is 5.10 Å². The van der Waals surface area contributed by atoms with Crippen LogP contribution in [0.5, 0.6) is 5.75 Å².